The van der Waals surface area contributed by atoms with E-state index < -0.39 is 5.97 Å². The number of esters is 1. The maximum absolute atomic E-state index is 12.1. The van der Waals surface area contributed by atoms with Gasteiger partial charge in [-0.15, -0.1) is 11.8 Å². The van der Waals surface area contributed by atoms with Gasteiger partial charge in [-0.2, -0.15) is 0 Å². The summed E-state index contributed by atoms with van der Waals surface area (Å²) < 4.78 is 15.7. The molecule has 28 heavy (non-hydrogen) atoms. The average Bonchev–Trinajstić information content (AvgIpc) is 2.70. The van der Waals surface area contributed by atoms with E-state index in [9.17, 15) is 9.59 Å². The molecule has 148 valence electrons. The lowest BCUT2D eigenvalue weighted by Crippen LogP contribution is -2.12. The van der Waals surface area contributed by atoms with Crippen molar-refractivity contribution in [2.75, 3.05) is 26.6 Å². The number of Topliss-reactive ketones (excluding diaryl/α,β-unsaturated/α-hetero) is 1. The quantitative estimate of drug-likeness (QED) is 0.248. The highest BCUT2D eigenvalue weighted by Gasteiger charge is 2.11. The van der Waals surface area contributed by atoms with E-state index in [0.717, 1.165) is 4.90 Å². The van der Waals surface area contributed by atoms with Gasteiger partial charge in [-0.25, -0.2) is 4.79 Å². The van der Waals surface area contributed by atoms with Crippen LogP contribution in [0.25, 0.3) is 6.08 Å². The first kappa shape index (κ1) is 21.9. The Bertz CT molecular complexity index is 862. The molecular weight excluding hydrogens is 400 g/mol. The monoisotopic (exact) mass is 420 g/mol. The van der Waals surface area contributed by atoms with Gasteiger partial charge in [0, 0.05) is 16.5 Å². The SMILES string of the molecule is CCOc1cc(/C=C/C(=O)OCC(=O)c2ccc(SC)cc2)cc(Cl)c1OC. The summed E-state index contributed by atoms with van der Waals surface area (Å²) in [5.41, 5.74) is 1.14. The third kappa shape index (κ3) is 6.04. The van der Waals surface area contributed by atoms with Gasteiger partial charge >= 0.3 is 5.97 Å². The van der Waals surface area contributed by atoms with Crippen LogP contribution < -0.4 is 9.47 Å². The van der Waals surface area contributed by atoms with E-state index >= 15 is 0 Å². The molecule has 0 fully saturated rings. The number of carbonyl (C=O) groups excluding carboxylic acids is 2. The molecule has 7 heteroatoms. The van der Waals surface area contributed by atoms with E-state index in [0.29, 0.717) is 34.3 Å². The number of hydrogen-bond acceptors (Lipinski definition) is 6. The highest BCUT2D eigenvalue weighted by atomic mass is 35.5. The van der Waals surface area contributed by atoms with Crippen LogP contribution in [0.3, 0.4) is 0 Å². The summed E-state index contributed by atoms with van der Waals surface area (Å²) in [6, 6.07) is 10.5. The summed E-state index contributed by atoms with van der Waals surface area (Å²) in [6.45, 7) is 1.97. The Hall–Kier alpha value is -2.44. The van der Waals surface area contributed by atoms with Gasteiger partial charge < -0.3 is 14.2 Å². The highest BCUT2D eigenvalue weighted by Crippen LogP contribution is 2.36. The van der Waals surface area contributed by atoms with Crippen molar-refractivity contribution in [1.29, 1.82) is 0 Å². The Balaban J connectivity index is 1.98. The second kappa shape index (κ2) is 10.8. The van der Waals surface area contributed by atoms with Crippen molar-refractivity contribution < 1.29 is 23.8 Å². The molecule has 0 aromatic heterocycles. The molecule has 0 amide bonds. The molecule has 5 nitrogen and oxygen atoms in total. The number of carbonyl (C=O) groups is 2. The second-order valence-electron chi connectivity index (χ2n) is 5.56. The van der Waals surface area contributed by atoms with Crippen LogP contribution >= 0.6 is 23.4 Å². The van der Waals surface area contributed by atoms with Crippen LogP contribution in [-0.2, 0) is 9.53 Å². The van der Waals surface area contributed by atoms with Gasteiger partial charge in [0.25, 0.3) is 0 Å². The van der Waals surface area contributed by atoms with Gasteiger partial charge in [0.05, 0.1) is 18.7 Å². The minimum absolute atomic E-state index is 0.263. The molecule has 0 atom stereocenters. The largest absolute Gasteiger partial charge is 0.491 e. The van der Waals surface area contributed by atoms with E-state index in [1.165, 1.54) is 19.3 Å². The maximum Gasteiger partial charge on any atom is 0.331 e. The van der Waals surface area contributed by atoms with Crippen LogP contribution in [0.2, 0.25) is 5.02 Å². The molecule has 2 aromatic carbocycles. The van der Waals surface area contributed by atoms with Crippen molar-refractivity contribution in [2.24, 2.45) is 0 Å². The zero-order chi connectivity index (χ0) is 20.5. The molecule has 0 spiro atoms. The zero-order valence-corrected chi connectivity index (χ0v) is 17.4. The summed E-state index contributed by atoms with van der Waals surface area (Å²) in [6.07, 6.45) is 4.73. The first-order valence-corrected chi connectivity index (χ1v) is 10.1. The predicted octanol–water partition coefficient (Wildman–Crippen LogP) is 4.91. The number of rotatable bonds is 9. The Labute approximate surface area is 173 Å². The topological polar surface area (TPSA) is 61.8 Å². The number of halogens is 1. The van der Waals surface area contributed by atoms with Crippen molar-refractivity contribution in [3.05, 3.63) is 58.6 Å². The molecule has 0 radical (unpaired) electrons. The van der Waals surface area contributed by atoms with E-state index in [2.05, 4.69) is 0 Å². The number of methoxy groups -OCH3 is 1. The molecule has 0 aliphatic heterocycles. The molecule has 0 aliphatic carbocycles. The first-order chi connectivity index (χ1) is 13.5. The Kier molecular flexibility index (Phi) is 8.42. The van der Waals surface area contributed by atoms with Crippen LogP contribution in [0.1, 0.15) is 22.8 Å². The number of ketones is 1. The van der Waals surface area contributed by atoms with Crippen LogP contribution in [0.4, 0.5) is 0 Å². The smallest absolute Gasteiger partial charge is 0.331 e. The summed E-state index contributed by atoms with van der Waals surface area (Å²) in [4.78, 5) is 25.1. The molecule has 0 aliphatic rings. The zero-order valence-electron chi connectivity index (χ0n) is 15.9. The van der Waals surface area contributed by atoms with Gasteiger partial charge in [-0.3, -0.25) is 4.79 Å². The average molecular weight is 421 g/mol. The van der Waals surface area contributed by atoms with Gasteiger partial charge in [0.2, 0.25) is 0 Å². The lowest BCUT2D eigenvalue weighted by molar-refractivity contribution is -0.136. The third-order valence-corrected chi connectivity index (χ3v) is 4.73. The number of thioether (sulfide) groups is 1. The summed E-state index contributed by atoms with van der Waals surface area (Å²) >= 11 is 7.76. The molecule has 0 heterocycles. The van der Waals surface area contributed by atoms with Gasteiger partial charge in [-0.1, -0.05) is 23.7 Å². The number of hydrogen-bond donors (Lipinski definition) is 0. The normalized spacial score (nSPS) is 10.7. The van der Waals surface area contributed by atoms with E-state index in [1.807, 2.05) is 25.3 Å². The molecule has 2 aromatic rings. The summed E-state index contributed by atoms with van der Waals surface area (Å²) in [5.74, 6) is 0.0234. The van der Waals surface area contributed by atoms with Crippen molar-refractivity contribution in [3.63, 3.8) is 0 Å². The van der Waals surface area contributed by atoms with Crippen molar-refractivity contribution >= 4 is 41.2 Å². The van der Waals surface area contributed by atoms with Crippen molar-refractivity contribution in [1.82, 2.24) is 0 Å². The van der Waals surface area contributed by atoms with E-state index in [1.54, 1.807) is 36.0 Å². The van der Waals surface area contributed by atoms with Crippen LogP contribution in [0, 0.1) is 0 Å². The molecule has 0 saturated heterocycles. The third-order valence-electron chi connectivity index (χ3n) is 3.71. The Morgan fingerprint density at radius 1 is 1.18 bits per heavy atom. The molecule has 0 bridgehead atoms. The maximum atomic E-state index is 12.1. The fourth-order valence-electron chi connectivity index (χ4n) is 2.35. The highest BCUT2D eigenvalue weighted by molar-refractivity contribution is 7.98. The predicted molar refractivity (Wildman–Crippen MR) is 112 cm³/mol. The standard InChI is InChI=1S/C21H21ClO5S/c1-4-26-19-12-14(11-17(22)21(19)25-2)5-10-20(24)27-13-18(23)15-6-8-16(28-3)9-7-15/h5-12H,4,13H2,1-3H3/b10-5+. The molecule has 2 rings (SSSR count). The van der Waals surface area contributed by atoms with Crippen molar-refractivity contribution in [2.45, 2.75) is 11.8 Å². The Morgan fingerprint density at radius 3 is 2.50 bits per heavy atom. The van der Waals surface area contributed by atoms with Gasteiger partial charge in [-0.05, 0) is 49.1 Å². The fourth-order valence-corrected chi connectivity index (χ4v) is 3.06. The van der Waals surface area contributed by atoms with Crippen LogP contribution in [0.5, 0.6) is 11.5 Å². The summed E-state index contributed by atoms with van der Waals surface area (Å²) in [7, 11) is 1.50. The van der Waals surface area contributed by atoms with Crippen LogP contribution in [0.15, 0.2) is 47.4 Å². The van der Waals surface area contributed by atoms with Crippen LogP contribution in [-0.4, -0.2) is 38.3 Å². The summed E-state index contributed by atoms with van der Waals surface area (Å²) in [5, 5.41) is 0.366. The minimum Gasteiger partial charge on any atom is -0.491 e. The number of ether oxygens (including phenoxy) is 3. The number of benzene rings is 2. The lowest BCUT2D eigenvalue weighted by Gasteiger charge is -2.11. The molecule has 0 unspecified atom stereocenters. The Morgan fingerprint density at radius 2 is 1.89 bits per heavy atom. The van der Waals surface area contributed by atoms with Gasteiger partial charge in [0.1, 0.15) is 0 Å². The lowest BCUT2D eigenvalue weighted by atomic mass is 10.1. The van der Waals surface area contributed by atoms with E-state index in [4.69, 9.17) is 25.8 Å². The second-order valence-corrected chi connectivity index (χ2v) is 6.85. The van der Waals surface area contributed by atoms with E-state index in [-0.39, 0.29) is 12.4 Å². The molecular formula is C21H21ClO5S. The van der Waals surface area contributed by atoms with Crippen molar-refractivity contribution in [3.8, 4) is 11.5 Å². The molecule has 0 saturated carbocycles. The van der Waals surface area contributed by atoms with Gasteiger partial charge in [0.15, 0.2) is 23.9 Å². The minimum atomic E-state index is -0.626. The first-order valence-electron chi connectivity index (χ1n) is 8.50. The fraction of sp³-hybridized carbons (Fsp3) is 0.238. The molecule has 0 N–H and O–H groups in total.